The Hall–Kier alpha value is -1.06. The second-order valence-corrected chi connectivity index (χ2v) is 4.65. The molecule has 2 fully saturated rings. The molecule has 84 valence electrons. The van der Waals surface area contributed by atoms with Crippen molar-refractivity contribution in [3.63, 3.8) is 0 Å². The molecule has 15 heavy (non-hydrogen) atoms. The summed E-state index contributed by atoms with van der Waals surface area (Å²) in [4.78, 5) is 24.5. The van der Waals surface area contributed by atoms with Crippen LogP contribution < -0.4 is 0 Å². The molecule has 1 aliphatic heterocycles. The first-order chi connectivity index (χ1) is 7.11. The summed E-state index contributed by atoms with van der Waals surface area (Å²) in [7, 11) is 0. The Kier molecular flexibility index (Phi) is 2.67. The predicted octanol–water partition coefficient (Wildman–Crippen LogP) is 1.11. The normalized spacial score (nSPS) is 27.8. The summed E-state index contributed by atoms with van der Waals surface area (Å²) in [6.07, 6.45) is 3.68. The Bertz CT molecular complexity index is 286. The van der Waals surface area contributed by atoms with E-state index in [2.05, 4.69) is 0 Å². The first-order valence-corrected chi connectivity index (χ1v) is 5.64. The smallest absolute Gasteiger partial charge is 0.326 e. The lowest BCUT2D eigenvalue weighted by atomic mass is 10.0. The predicted molar refractivity (Wildman–Crippen MR) is 54.3 cm³/mol. The Morgan fingerprint density at radius 3 is 2.53 bits per heavy atom. The van der Waals surface area contributed by atoms with Crippen LogP contribution >= 0.6 is 0 Å². The highest BCUT2D eigenvalue weighted by Crippen LogP contribution is 2.38. The van der Waals surface area contributed by atoms with E-state index in [9.17, 15) is 9.59 Å². The van der Waals surface area contributed by atoms with Gasteiger partial charge in [-0.05, 0) is 31.6 Å². The van der Waals surface area contributed by atoms with Crippen molar-refractivity contribution in [3.8, 4) is 0 Å². The van der Waals surface area contributed by atoms with Crippen LogP contribution in [0.5, 0.6) is 0 Å². The van der Waals surface area contributed by atoms with E-state index < -0.39 is 12.0 Å². The Balaban J connectivity index is 2.01. The molecule has 4 nitrogen and oxygen atoms in total. The molecule has 0 spiro atoms. The van der Waals surface area contributed by atoms with Gasteiger partial charge in [0.15, 0.2) is 0 Å². The maximum absolute atomic E-state index is 12.0. The van der Waals surface area contributed by atoms with E-state index in [1.807, 2.05) is 6.92 Å². The number of hydrogen-bond acceptors (Lipinski definition) is 2. The molecule has 1 saturated carbocycles. The summed E-state index contributed by atoms with van der Waals surface area (Å²) in [5.41, 5.74) is 0. The highest BCUT2D eigenvalue weighted by molar-refractivity contribution is 5.85. The zero-order chi connectivity index (χ0) is 11.0. The molecule has 0 aromatic heterocycles. The molecular formula is C11H17NO3. The minimum absolute atomic E-state index is 0.0185. The lowest BCUT2D eigenvalue weighted by Crippen LogP contribution is -2.43. The summed E-state index contributed by atoms with van der Waals surface area (Å²) in [5.74, 6) is -0.288. The van der Waals surface area contributed by atoms with Crippen LogP contribution in [0.4, 0.5) is 0 Å². The standard InChI is InChI=1S/C11H17NO3/c1-7(8-4-5-8)10(13)12-6-2-3-9(12)11(14)15/h7-9H,2-6H2,1H3,(H,14,15). The zero-order valence-electron chi connectivity index (χ0n) is 8.98. The minimum atomic E-state index is -0.858. The molecular weight excluding hydrogens is 194 g/mol. The van der Waals surface area contributed by atoms with Crippen LogP contribution in [-0.2, 0) is 9.59 Å². The van der Waals surface area contributed by atoms with Crippen molar-refractivity contribution in [1.82, 2.24) is 4.90 Å². The van der Waals surface area contributed by atoms with Gasteiger partial charge in [-0.3, -0.25) is 4.79 Å². The first kappa shape index (κ1) is 10.5. The maximum atomic E-state index is 12.0. The molecule has 0 aromatic rings. The van der Waals surface area contributed by atoms with Crippen molar-refractivity contribution in [3.05, 3.63) is 0 Å². The van der Waals surface area contributed by atoms with E-state index in [-0.39, 0.29) is 11.8 Å². The van der Waals surface area contributed by atoms with Gasteiger partial charge in [0, 0.05) is 12.5 Å². The molecule has 2 unspecified atom stereocenters. The van der Waals surface area contributed by atoms with Crippen LogP contribution in [0, 0.1) is 11.8 Å². The lowest BCUT2D eigenvalue weighted by molar-refractivity contribution is -0.150. The molecule has 0 radical (unpaired) electrons. The Morgan fingerprint density at radius 1 is 1.33 bits per heavy atom. The molecule has 2 aliphatic rings. The number of aliphatic carboxylic acids is 1. The van der Waals surface area contributed by atoms with E-state index in [0.29, 0.717) is 18.9 Å². The third kappa shape index (κ3) is 1.98. The summed E-state index contributed by atoms with van der Waals surface area (Å²) >= 11 is 0. The van der Waals surface area contributed by atoms with Crippen LogP contribution in [0.1, 0.15) is 32.6 Å². The van der Waals surface area contributed by atoms with Gasteiger partial charge >= 0.3 is 5.97 Å². The second kappa shape index (κ2) is 3.83. The van der Waals surface area contributed by atoms with Crippen LogP contribution in [0.2, 0.25) is 0 Å². The summed E-state index contributed by atoms with van der Waals surface area (Å²) in [5, 5.41) is 8.97. The fourth-order valence-electron chi connectivity index (χ4n) is 2.35. The molecule has 1 aliphatic carbocycles. The van der Waals surface area contributed by atoms with Gasteiger partial charge in [0.25, 0.3) is 0 Å². The molecule has 4 heteroatoms. The van der Waals surface area contributed by atoms with E-state index in [0.717, 1.165) is 19.3 Å². The van der Waals surface area contributed by atoms with Crippen molar-refractivity contribution in [1.29, 1.82) is 0 Å². The number of carboxylic acid groups (broad SMARTS) is 1. The van der Waals surface area contributed by atoms with E-state index >= 15 is 0 Å². The molecule has 1 N–H and O–H groups in total. The van der Waals surface area contributed by atoms with Gasteiger partial charge in [0.2, 0.25) is 5.91 Å². The maximum Gasteiger partial charge on any atom is 0.326 e. The Morgan fingerprint density at radius 2 is 2.00 bits per heavy atom. The highest BCUT2D eigenvalue weighted by atomic mass is 16.4. The minimum Gasteiger partial charge on any atom is -0.480 e. The molecule has 1 heterocycles. The lowest BCUT2D eigenvalue weighted by Gasteiger charge is -2.24. The van der Waals surface area contributed by atoms with Crippen LogP contribution in [0.25, 0.3) is 0 Å². The number of likely N-dealkylation sites (tertiary alicyclic amines) is 1. The molecule has 2 rings (SSSR count). The third-order valence-corrected chi connectivity index (χ3v) is 3.54. The van der Waals surface area contributed by atoms with Crippen molar-refractivity contribution in [2.45, 2.75) is 38.6 Å². The van der Waals surface area contributed by atoms with Gasteiger partial charge in [-0.2, -0.15) is 0 Å². The van der Waals surface area contributed by atoms with Crippen molar-refractivity contribution in [2.24, 2.45) is 11.8 Å². The van der Waals surface area contributed by atoms with Gasteiger partial charge in [0.1, 0.15) is 6.04 Å². The van der Waals surface area contributed by atoms with Gasteiger partial charge in [-0.15, -0.1) is 0 Å². The topological polar surface area (TPSA) is 57.6 Å². The van der Waals surface area contributed by atoms with Gasteiger partial charge in [-0.1, -0.05) is 6.92 Å². The monoisotopic (exact) mass is 211 g/mol. The number of amides is 1. The van der Waals surface area contributed by atoms with Crippen LogP contribution in [-0.4, -0.2) is 34.5 Å². The first-order valence-electron chi connectivity index (χ1n) is 5.64. The number of carbonyl (C=O) groups is 2. The zero-order valence-corrected chi connectivity index (χ0v) is 8.98. The average molecular weight is 211 g/mol. The fraction of sp³-hybridized carbons (Fsp3) is 0.818. The number of carbonyl (C=O) groups excluding carboxylic acids is 1. The molecule has 0 bridgehead atoms. The van der Waals surface area contributed by atoms with Crippen molar-refractivity contribution < 1.29 is 14.7 Å². The third-order valence-electron chi connectivity index (χ3n) is 3.54. The largest absolute Gasteiger partial charge is 0.480 e. The summed E-state index contributed by atoms with van der Waals surface area (Å²) in [6, 6.07) is -0.571. The van der Waals surface area contributed by atoms with Crippen molar-refractivity contribution >= 4 is 11.9 Å². The quantitative estimate of drug-likeness (QED) is 0.760. The average Bonchev–Trinajstić information content (AvgIpc) is 2.92. The number of rotatable bonds is 3. The van der Waals surface area contributed by atoms with Gasteiger partial charge in [0.05, 0.1) is 0 Å². The second-order valence-electron chi connectivity index (χ2n) is 4.65. The molecule has 0 aromatic carbocycles. The van der Waals surface area contributed by atoms with E-state index in [1.165, 1.54) is 0 Å². The molecule has 1 amide bonds. The number of nitrogens with zero attached hydrogens (tertiary/aromatic N) is 1. The number of hydrogen-bond donors (Lipinski definition) is 1. The summed E-state index contributed by atoms with van der Waals surface area (Å²) in [6.45, 7) is 2.55. The SMILES string of the molecule is CC(C(=O)N1CCCC1C(=O)O)C1CC1. The van der Waals surface area contributed by atoms with Crippen LogP contribution in [0.15, 0.2) is 0 Å². The molecule has 1 saturated heterocycles. The molecule has 2 atom stereocenters. The van der Waals surface area contributed by atoms with Crippen molar-refractivity contribution in [2.75, 3.05) is 6.54 Å². The van der Waals surface area contributed by atoms with Gasteiger partial charge < -0.3 is 10.0 Å². The fourth-order valence-corrected chi connectivity index (χ4v) is 2.35. The van der Waals surface area contributed by atoms with E-state index in [4.69, 9.17) is 5.11 Å². The van der Waals surface area contributed by atoms with E-state index in [1.54, 1.807) is 4.90 Å². The Labute approximate surface area is 89.3 Å². The highest BCUT2D eigenvalue weighted by Gasteiger charge is 2.40. The summed E-state index contributed by atoms with van der Waals surface area (Å²) < 4.78 is 0. The number of carboxylic acids is 1. The van der Waals surface area contributed by atoms with Gasteiger partial charge in [-0.25, -0.2) is 4.79 Å². The van der Waals surface area contributed by atoms with Crippen LogP contribution in [0.3, 0.4) is 0 Å².